The molecule has 0 unspecified atom stereocenters. The summed E-state index contributed by atoms with van der Waals surface area (Å²) in [5, 5.41) is 11.9. The first-order chi connectivity index (χ1) is 13.5. The minimum absolute atomic E-state index is 0.408. The quantitative estimate of drug-likeness (QED) is 0.241. The Morgan fingerprint density at radius 2 is 1.75 bits per heavy atom. The molecule has 0 aliphatic rings. The summed E-state index contributed by atoms with van der Waals surface area (Å²) < 4.78 is 0. The highest BCUT2D eigenvalue weighted by molar-refractivity contribution is 7.99. The van der Waals surface area contributed by atoms with Gasteiger partial charge in [0, 0.05) is 15.7 Å². The van der Waals surface area contributed by atoms with Gasteiger partial charge in [-0.3, -0.25) is 0 Å². The Morgan fingerprint density at radius 1 is 1.04 bits per heavy atom. The van der Waals surface area contributed by atoms with Crippen molar-refractivity contribution in [3.8, 4) is 6.07 Å². The zero-order chi connectivity index (χ0) is 19.9. The SMILES string of the molecule is CC(C)Cc1nc(SCc2ccc(Cl)cc2)nc(Sc2ccccc2)c1C#N. The van der Waals surface area contributed by atoms with E-state index >= 15 is 0 Å². The Bertz CT molecular complexity index is 968. The van der Waals surface area contributed by atoms with Crippen LogP contribution in [0.2, 0.25) is 5.02 Å². The lowest BCUT2D eigenvalue weighted by Gasteiger charge is -2.12. The van der Waals surface area contributed by atoms with Crippen molar-refractivity contribution in [1.29, 1.82) is 5.26 Å². The minimum Gasteiger partial charge on any atom is -0.226 e. The molecule has 3 rings (SSSR count). The molecular weight excluding hydrogens is 406 g/mol. The van der Waals surface area contributed by atoms with E-state index in [-0.39, 0.29) is 0 Å². The Kier molecular flexibility index (Phi) is 7.38. The van der Waals surface area contributed by atoms with E-state index < -0.39 is 0 Å². The third-order valence-electron chi connectivity index (χ3n) is 3.88. The lowest BCUT2D eigenvalue weighted by molar-refractivity contribution is 0.621. The summed E-state index contributed by atoms with van der Waals surface area (Å²) in [6.45, 7) is 4.27. The van der Waals surface area contributed by atoms with Crippen molar-refractivity contribution in [1.82, 2.24) is 9.97 Å². The molecule has 0 spiro atoms. The van der Waals surface area contributed by atoms with Crippen LogP contribution in [0, 0.1) is 17.2 Å². The van der Waals surface area contributed by atoms with E-state index in [1.165, 1.54) is 11.8 Å². The molecule has 28 heavy (non-hydrogen) atoms. The highest BCUT2D eigenvalue weighted by Gasteiger charge is 2.17. The molecule has 0 radical (unpaired) electrons. The maximum absolute atomic E-state index is 9.75. The lowest BCUT2D eigenvalue weighted by atomic mass is 10.1. The summed E-state index contributed by atoms with van der Waals surface area (Å²) in [6, 6.07) is 20.1. The monoisotopic (exact) mass is 425 g/mol. The van der Waals surface area contributed by atoms with Crippen molar-refractivity contribution >= 4 is 35.1 Å². The highest BCUT2D eigenvalue weighted by atomic mass is 35.5. The molecule has 0 atom stereocenters. The Labute approximate surface area is 179 Å². The van der Waals surface area contributed by atoms with E-state index in [9.17, 15) is 5.26 Å². The van der Waals surface area contributed by atoms with Crippen LogP contribution in [0.4, 0.5) is 0 Å². The fraction of sp³-hybridized carbons (Fsp3) is 0.227. The van der Waals surface area contributed by atoms with Gasteiger partial charge < -0.3 is 0 Å². The number of benzene rings is 2. The standard InChI is InChI=1S/C22H20ClN3S2/c1-15(2)12-20-19(13-24)21(28-18-6-4-3-5-7-18)26-22(25-20)27-14-16-8-10-17(23)11-9-16/h3-11,15H,12,14H2,1-2H3. The summed E-state index contributed by atoms with van der Waals surface area (Å²) in [6.07, 6.45) is 0.752. The second-order valence-electron chi connectivity index (χ2n) is 6.67. The van der Waals surface area contributed by atoms with Crippen molar-refractivity contribution < 1.29 is 0 Å². The number of nitriles is 1. The maximum atomic E-state index is 9.75. The average Bonchev–Trinajstić information content (AvgIpc) is 2.68. The minimum atomic E-state index is 0.408. The summed E-state index contributed by atoms with van der Waals surface area (Å²) in [5.74, 6) is 1.16. The lowest BCUT2D eigenvalue weighted by Crippen LogP contribution is -2.06. The Hall–Kier alpha value is -2.00. The fourth-order valence-corrected chi connectivity index (χ4v) is 4.49. The molecular formula is C22H20ClN3S2. The average molecular weight is 426 g/mol. The summed E-state index contributed by atoms with van der Waals surface area (Å²) in [7, 11) is 0. The zero-order valence-electron chi connectivity index (χ0n) is 15.7. The second kappa shape index (κ2) is 9.97. The van der Waals surface area contributed by atoms with Gasteiger partial charge in [0.15, 0.2) is 5.16 Å². The summed E-state index contributed by atoms with van der Waals surface area (Å²) >= 11 is 9.05. The second-order valence-corrected chi connectivity index (χ2v) is 9.11. The van der Waals surface area contributed by atoms with Gasteiger partial charge >= 0.3 is 0 Å². The molecule has 1 aromatic heterocycles. The van der Waals surface area contributed by atoms with Crippen LogP contribution in [-0.4, -0.2) is 9.97 Å². The Balaban J connectivity index is 1.91. The Morgan fingerprint density at radius 3 is 2.39 bits per heavy atom. The van der Waals surface area contributed by atoms with Crippen LogP contribution in [0.3, 0.4) is 0 Å². The topological polar surface area (TPSA) is 49.6 Å². The number of rotatable bonds is 7. The molecule has 0 saturated heterocycles. The molecule has 2 aromatic carbocycles. The van der Waals surface area contributed by atoms with Crippen LogP contribution < -0.4 is 0 Å². The molecule has 0 fully saturated rings. The van der Waals surface area contributed by atoms with E-state index in [0.717, 1.165) is 38.4 Å². The van der Waals surface area contributed by atoms with Crippen LogP contribution >= 0.6 is 35.1 Å². The van der Waals surface area contributed by atoms with Crippen molar-refractivity contribution in [2.75, 3.05) is 0 Å². The molecule has 0 bridgehead atoms. The van der Waals surface area contributed by atoms with Crippen molar-refractivity contribution in [2.24, 2.45) is 5.92 Å². The van der Waals surface area contributed by atoms with Gasteiger partial charge in [-0.25, -0.2) is 9.97 Å². The van der Waals surface area contributed by atoms with Crippen LogP contribution in [0.1, 0.15) is 30.7 Å². The van der Waals surface area contributed by atoms with Crippen LogP contribution in [0.25, 0.3) is 0 Å². The fourth-order valence-electron chi connectivity index (χ4n) is 2.58. The van der Waals surface area contributed by atoms with Gasteiger partial charge in [-0.15, -0.1) is 0 Å². The van der Waals surface area contributed by atoms with Crippen molar-refractivity contribution in [3.05, 3.63) is 76.4 Å². The first-order valence-electron chi connectivity index (χ1n) is 8.96. The molecule has 0 amide bonds. The van der Waals surface area contributed by atoms with Gasteiger partial charge in [-0.2, -0.15) is 5.26 Å². The van der Waals surface area contributed by atoms with Gasteiger partial charge in [0.1, 0.15) is 16.7 Å². The number of nitrogens with zero attached hydrogens (tertiary/aromatic N) is 3. The molecule has 3 aromatic rings. The molecule has 0 aliphatic heterocycles. The molecule has 6 heteroatoms. The van der Waals surface area contributed by atoms with Crippen LogP contribution in [0.5, 0.6) is 0 Å². The maximum Gasteiger partial charge on any atom is 0.189 e. The van der Waals surface area contributed by atoms with Gasteiger partial charge in [-0.05, 0) is 42.2 Å². The molecule has 142 valence electrons. The number of halogens is 1. The highest BCUT2D eigenvalue weighted by Crippen LogP contribution is 2.32. The molecule has 0 saturated carbocycles. The van der Waals surface area contributed by atoms with E-state index in [0.29, 0.717) is 16.6 Å². The van der Waals surface area contributed by atoms with E-state index in [4.69, 9.17) is 21.6 Å². The first-order valence-corrected chi connectivity index (χ1v) is 11.1. The van der Waals surface area contributed by atoms with Gasteiger partial charge in [0.25, 0.3) is 0 Å². The van der Waals surface area contributed by atoms with Gasteiger partial charge in [0.2, 0.25) is 0 Å². The molecule has 0 aliphatic carbocycles. The largest absolute Gasteiger partial charge is 0.226 e. The smallest absolute Gasteiger partial charge is 0.189 e. The molecule has 0 N–H and O–H groups in total. The number of hydrogen-bond acceptors (Lipinski definition) is 5. The predicted octanol–water partition coefficient (Wildman–Crippen LogP) is 6.64. The van der Waals surface area contributed by atoms with E-state index in [2.05, 4.69) is 19.9 Å². The number of hydrogen-bond donors (Lipinski definition) is 0. The van der Waals surface area contributed by atoms with Crippen LogP contribution in [0.15, 0.2) is 69.7 Å². The van der Waals surface area contributed by atoms with Gasteiger partial charge in [-0.1, -0.05) is 79.3 Å². The first kappa shape index (κ1) is 20.7. The van der Waals surface area contributed by atoms with E-state index in [1.54, 1.807) is 11.8 Å². The number of thioether (sulfide) groups is 1. The summed E-state index contributed by atoms with van der Waals surface area (Å²) in [5.41, 5.74) is 2.56. The predicted molar refractivity (Wildman–Crippen MR) is 117 cm³/mol. The molecule has 3 nitrogen and oxygen atoms in total. The van der Waals surface area contributed by atoms with Crippen LogP contribution in [-0.2, 0) is 12.2 Å². The summed E-state index contributed by atoms with van der Waals surface area (Å²) in [4.78, 5) is 10.5. The normalized spacial score (nSPS) is 10.8. The number of aromatic nitrogens is 2. The van der Waals surface area contributed by atoms with Gasteiger partial charge in [0.05, 0.1) is 5.69 Å². The zero-order valence-corrected chi connectivity index (χ0v) is 18.1. The third kappa shape index (κ3) is 5.75. The third-order valence-corrected chi connectivity index (χ3v) is 6.05. The van der Waals surface area contributed by atoms with Crippen molar-refractivity contribution in [2.45, 2.75) is 41.1 Å². The van der Waals surface area contributed by atoms with E-state index in [1.807, 2.05) is 54.6 Å². The van der Waals surface area contributed by atoms with Crippen molar-refractivity contribution in [3.63, 3.8) is 0 Å². The molecule has 1 heterocycles.